The third kappa shape index (κ3) is 5.83. The minimum absolute atomic E-state index is 0.676. The highest BCUT2D eigenvalue weighted by atomic mass is 14.9. The van der Waals surface area contributed by atoms with Crippen LogP contribution in [-0.2, 0) is 0 Å². The van der Waals surface area contributed by atoms with Crippen molar-refractivity contribution in [3.63, 3.8) is 0 Å². The van der Waals surface area contributed by atoms with Gasteiger partial charge in [0.15, 0.2) is 0 Å². The van der Waals surface area contributed by atoms with E-state index in [1.165, 1.54) is 70.9 Å². The van der Waals surface area contributed by atoms with Crippen molar-refractivity contribution in [2.24, 2.45) is 11.8 Å². The Morgan fingerprint density at radius 1 is 1.05 bits per heavy atom. The van der Waals surface area contributed by atoms with Crippen LogP contribution < -0.4 is 10.6 Å². The lowest BCUT2D eigenvalue weighted by atomic mass is 9.83. The lowest BCUT2D eigenvalue weighted by Crippen LogP contribution is -2.39. The summed E-state index contributed by atoms with van der Waals surface area (Å²) >= 11 is 0. The fraction of sp³-hybridized carbons (Fsp3) is 1.00. The van der Waals surface area contributed by atoms with Crippen molar-refractivity contribution >= 4 is 0 Å². The molecule has 2 nitrogen and oxygen atoms in total. The molecule has 2 atom stereocenters. The molecule has 0 spiro atoms. The monoisotopic (exact) mass is 266 g/mol. The summed E-state index contributed by atoms with van der Waals surface area (Å²) in [6.07, 6.45) is 12.7. The second-order valence-electron chi connectivity index (χ2n) is 7.17. The Morgan fingerprint density at radius 2 is 1.84 bits per heavy atom. The van der Waals surface area contributed by atoms with E-state index in [0.717, 1.165) is 17.9 Å². The third-order valence-electron chi connectivity index (χ3n) is 5.19. The zero-order valence-electron chi connectivity index (χ0n) is 13.1. The predicted molar refractivity (Wildman–Crippen MR) is 83.5 cm³/mol. The molecule has 2 rings (SSSR count). The Kier molecular flexibility index (Phi) is 6.66. The van der Waals surface area contributed by atoms with Crippen molar-refractivity contribution < 1.29 is 0 Å². The maximum atomic E-state index is 3.79. The normalized spacial score (nSPS) is 34.7. The van der Waals surface area contributed by atoms with Crippen LogP contribution in [0.4, 0.5) is 0 Å². The van der Waals surface area contributed by atoms with E-state index < -0.39 is 0 Å². The Balaban J connectivity index is 1.59. The second-order valence-corrected chi connectivity index (χ2v) is 7.17. The van der Waals surface area contributed by atoms with Gasteiger partial charge in [-0.3, -0.25) is 0 Å². The molecule has 0 amide bonds. The second kappa shape index (κ2) is 8.26. The highest BCUT2D eigenvalue weighted by Crippen LogP contribution is 2.27. The van der Waals surface area contributed by atoms with Crippen LogP contribution in [0.25, 0.3) is 0 Å². The number of hydrogen-bond donors (Lipinski definition) is 2. The molecule has 0 aromatic carbocycles. The maximum absolute atomic E-state index is 3.79. The fourth-order valence-corrected chi connectivity index (χ4v) is 3.71. The minimum Gasteiger partial charge on any atom is -0.314 e. The van der Waals surface area contributed by atoms with Gasteiger partial charge in [0, 0.05) is 12.1 Å². The average molecular weight is 266 g/mol. The van der Waals surface area contributed by atoms with Crippen LogP contribution in [0.5, 0.6) is 0 Å². The molecule has 112 valence electrons. The van der Waals surface area contributed by atoms with Crippen molar-refractivity contribution in [3.05, 3.63) is 0 Å². The van der Waals surface area contributed by atoms with Crippen LogP contribution in [0.2, 0.25) is 0 Å². The topological polar surface area (TPSA) is 24.1 Å². The van der Waals surface area contributed by atoms with Gasteiger partial charge >= 0.3 is 0 Å². The van der Waals surface area contributed by atoms with E-state index in [4.69, 9.17) is 0 Å². The molecular weight excluding hydrogens is 232 g/mol. The standard InChI is InChI=1S/C17H34N2/c1-14-7-9-16(10-8-14)13-19-15(2)12-17-6-4-3-5-11-18-17/h14-19H,3-13H2,1-2H3. The molecular formula is C17H34N2. The molecule has 2 N–H and O–H groups in total. The molecule has 0 radical (unpaired) electrons. The quantitative estimate of drug-likeness (QED) is 0.792. The van der Waals surface area contributed by atoms with Gasteiger partial charge in [-0.05, 0) is 64.0 Å². The lowest BCUT2D eigenvalue weighted by Gasteiger charge is -2.28. The van der Waals surface area contributed by atoms with E-state index in [1.54, 1.807) is 0 Å². The van der Waals surface area contributed by atoms with E-state index >= 15 is 0 Å². The van der Waals surface area contributed by atoms with Crippen molar-refractivity contribution in [2.75, 3.05) is 13.1 Å². The van der Waals surface area contributed by atoms with Crippen molar-refractivity contribution in [2.45, 2.75) is 83.7 Å². The largest absolute Gasteiger partial charge is 0.314 e. The van der Waals surface area contributed by atoms with Crippen molar-refractivity contribution in [1.29, 1.82) is 0 Å². The van der Waals surface area contributed by atoms with Gasteiger partial charge in [0.2, 0.25) is 0 Å². The highest BCUT2D eigenvalue weighted by Gasteiger charge is 2.19. The molecule has 2 heteroatoms. The summed E-state index contributed by atoms with van der Waals surface area (Å²) < 4.78 is 0. The molecule has 2 unspecified atom stereocenters. The number of rotatable bonds is 5. The van der Waals surface area contributed by atoms with Crippen LogP contribution in [0, 0.1) is 11.8 Å². The Labute approximate surface area is 120 Å². The van der Waals surface area contributed by atoms with Crippen molar-refractivity contribution in [1.82, 2.24) is 10.6 Å². The molecule has 2 fully saturated rings. The Bertz CT molecular complexity index is 225. The SMILES string of the molecule is CC1CCC(CNC(C)CC2CCCCCN2)CC1. The summed E-state index contributed by atoms with van der Waals surface area (Å²) in [7, 11) is 0. The zero-order chi connectivity index (χ0) is 13.5. The zero-order valence-corrected chi connectivity index (χ0v) is 13.1. The van der Waals surface area contributed by atoms with Crippen LogP contribution in [0.15, 0.2) is 0 Å². The molecule has 0 bridgehead atoms. The summed E-state index contributed by atoms with van der Waals surface area (Å²) in [5, 5.41) is 7.51. The molecule has 0 aromatic heterocycles. The van der Waals surface area contributed by atoms with Gasteiger partial charge in [-0.25, -0.2) is 0 Å². The number of hydrogen-bond acceptors (Lipinski definition) is 2. The van der Waals surface area contributed by atoms with E-state index in [0.29, 0.717) is 6.04 Å². The summed E-state index contributed by atoms with van der Waals surface area (Å²) in [5.41, 5.74) is 0. The summed E-state index contributed by atoms with van der Waals surface area (Å²) in [4.78, 5) is 0. The van der Waals surface area contributed by atoms with Gasteiger partial charge in [0.05, 0.1) is 0 Å². The first-order chi connectivity index (χ1) is 9.24. The lowest BCUT2D eigenvalue weighted by molar-refractivity contribution is 0.270. The molecule has 1 saturated heterocycles. The van der Waals surface area contributed by atoms with Crippen LogP contribution >= 0.6 is 0 Å². The molecule has 1 aliphatic carbocycles. The van der Waals surface area contributed by atoms with E-state index in [1.807, 2.05) is 0 Å². The van der Waals surface area contributed by atoms with E-state index in [2.05, 4.69) is 24.5 Å². The molecule has 2 aliphatic rings. The fourth-order valence-electron chi connectivity index (χ4n) is 3.71. The van der Waals surface area contributed by atoms with Crippen LogP contribution in [-0.4, -0.2) is 25.2 Å². The predicted octanol–water partition coefficient (Wildman–Crippen LogP) is 3.71. The van der Waals surface area contributed by atoms with Gasteiger partial charge in [-0.2, -0.15) is 0 Å². The summed E-state index contributed by atoms with van der Waals surface area (Å²) in [6, 6.07) is 1.44. The molecule has 19 heavy (non-hydrogen) atoms. The van der Waals surface area contributed by atoms with Crippen LogP contribution in [0.3, 0.4) is 0 Å². The third-order valence-corrected chi connectivity index (χ3v) is 5.19. The minimum atomic E-state index is 0.676. The van der Waals surface area contributed by atoms with Gasteiger partial charge in [0.25, 0.3) is 0 Å². The molecule has 1 heterocycles. The molecule has 1 aliphatic heterocycles. The number of nitrogens with one attached hydrogen (secondary N) is 2. The van der Waals surface area contributed by atoms with E-state index in [9.17, 15) is 0 Å². The Hall–Kier alpha value is -0.0800. The first-order valence-electron chi connectivity index (χ1n) is 8.71. The molecule has 1 saturated carbocycles. The van der Waals surface area contributed by atoms with Gasteiger partial charge in [0.1, 0.15) is 0 Å². The summed E-state index contributed by atoms with van der Waals surface area (Å²) in [5.74, 6) is 1.92. The average Bonchev–Trinajstić information content (AvgIpc) is 2.67. The van der Waals surface area contributed by atoms with Gasteiger partial charge in [-0.1, -0.05) is 32.6 Å². The maximum Gasteiger partial charge on any atom is 0.00817 e. The molecule has 0 aromatic rings. The Morgan fingerprint density at radius 3 is 2.63 bits per heavy atom. The van der Waals surface area contributed by atoms with Crippen LogP contribution in [0.1, 0.15) is 71.6 Å². The first kappa shape index (κ1) is 15.3. The van der Waals surface area contributed by atoms with Gasteiger partial charge < -0.3 is 10.6 Å². The first-order valence-corrected chi connectivity index (χ1v) is 8.71. The smallest absolute Gasteiger partial charge is 0.00817 e. The highest BCUT2D eigenvalue weighted by molar-refractivity contribution is 4.78. The van der Waals surface area contributed by atoms with Crippen molar-refractivity contribution in [3.8, 4) is 0 Å². The van der Waals surface area contributed by atoms with E-state index in [-0.39, 0.29) is 0 Å². The summed E-state index contributed by atoms with van der Waals surface area (Å²) in [6.45, 7) is 7.26. The van der Waals surface area contributed by atoms with Gasteiger partial charge in [-0.15, -0.1) is 0 Å².